The molecule has 0 radical (unpaired) electrons. The lowest BCUT2D eigenvalue weighted by atomic mass is 9.90. The average molecular weight is 343 g/mol. The lowest BCUT2D eigenvalue weighted by Crippen LogP contribution is -2.52. The van der Waals surface area contributed by atoms with Gasteiger partial charge in [0.05, 0.1) is 12.1 Å². The Balaban J connectivity index is 1.75. The first-order chi connectivity index (χ1) is 11.5. The summed E-state index contributed by atoms with van der Waals surface area (Å²) in [5.41, 5.74) is 2.60. The lowest BCUT2D eigenvalue weighted by Gasteiger charge is -2.35. The third kappa shape index (κ3) is 2.66. The van der Waals surface area contributed by atoms with Crippen LogP contribution in [0.25, 0.3) is 22.6 Å². The maximum atomic E-state index is 11.7. The van der Waals surface area contributed by atoms with E-state index in [0.29, 0.717) is 28.6 Å². The molecule has 1 amide bonds. The van der Waals surface area contributed by atoms with E-state index in [9.17, 15) is 4.79 Å². The first-order valence-corrected chi connectivity index (χ1v) is 7.97. The van der Waals surface area contributed by atoms with Crippen molar-refractivity contribution in [2.24, 2.45) is 0 Å². The van der Waals surface area contributed by atoms with Crippen molar-refractivity contribution in [3.8, 4) is 11.5 Å². The Morgan fingerprint density at radius 2 is 2.12 bits per heavy atom. The molecule has 1 aromatic heterocycles. The molecule has 0 spiro atoms. The zero-order valence-electron chi connectivity index (χ0n) is 13.0. The predicted octanol–water partition coefficient (Wildman–Crippen LogP) is 3.51. The minimum Gasteiger partial charge on any atom is -0.436 e. The largest absolute Gasteiger partial charge is 0.436 e. The minimum atomic E-state index is -0.569. The molecule has 2 heterocycles. The van der Waals surface area contributed by atoms with Crippen LogP contribution in [0.3, 0.4) is 0 Å². The van der Waals surface area contributed by atoms with E-state index in [-0.39, 0.29) is 12.5 Å². The van der Waals surface area contributed by atoms with Crippen molar-refractivity contribution in [3.05, 3.63) is 53.1 Å². The van der Waals surface area contributed by atoms with E-state index in [1.54, 1.807) is 18.2 Å². The number of amides is 1. The van der Waals surface area contributed by atoms with Gasteiger partial charge in [0.1, 0.15) is 12.1 Å². The number of hydrogen-bond acceptors (Lipinski definition) is 4. The number of carbonyl (C=O) groups excluding carboxylic acids is 1. The summed E-state index contributed by atoms with van der Waals surface area (Å²) in [7, 11) is 0. The second-order valence-electron chi connectivity index (χ2n) is 6.08. The van der Waals surface area contributed by atoms with Gasteiger partial charge in [-0.25, -0.2) is 4.98 Å². The highest BCUT2D eigenvalue weighted by Crippen LogP contribution is 2.30. The van der Waals surface area contributed by atoms with Gasteiger partial charge >= 0.3 is 0 Å². The number of carbonyl (C=O) groups is 1. The van der Waals surface area contributed by atoms with E-state index in [0.717, 1.165) is 11.1 Å². The molecule has 1 atom stereocenters. The zero-order valence-corrected chi connectivity index (χ0v) is 13.8. The molecule has 1 saturated heterocycles. The SMILES string of the molecule is C[C@]1(c2cccc(-c3nc4cc(Cl)ccc4o3)c2)COCC(=O)N1. The van der Waals surface area contributed by atoms with Crippen LogP contribution < -0.4 is 5.32 Å². The van der Waals surface area contributed by atoms with Crippen molar-refractivity contribution in [1.82, 2.24) is 10.3 Å². The molecule has 6 heteroatoms. The number of oxazole rings is 1. The van der Waals surface area contributed by atoms with Crippen molar-refractivity contribution >= 4 is 28.6 Å². The molecule has 3 aromatic rings. The molecule has 1 aliphatic heterocycles. The van der Waals surface area contributed by atoms with Crippen LogP contribution in [0.2, 0.25) is 5.02 Å². The first-order valence-electron chi connectivity index (χ1n) is 7.59. The van der Waals surface area contributed by atoms with Gasteiger partial charge in [0, 0.05) is 10.6 Å². The zero-order chi connectivity index (χ0) is 16.7. The van der Waals surface area contributed by atoms with Crippen LogP contribution in [0, 0.1) is 0 Å². The summed E-state index contributed by atoms with van der Waals surface area (Å²) >= 11 is 6.00. The standard InChI is InChI=1S/C18H15ClN2O3/c1-18(10-23-9-16(22)21-18)12-4-2-3-11(7-12)17-20-14-8-13(19)5-6-15(14)24-17/h2-8H,9-10H2,1H3,(H,21,22)/t18-/m1/s1. The summed E-state index contributed by atoms with van der Waals surface area (Å²) in [6.07, 6.45) is 0. The van der Waals surface area contributed by atoms with Crippen LogP contribution in [0.1, 0.15) is 12.5 Å². The lowest BCUT2D eigenvalue weighted by molar-refractivity contribution is -0.135. The van der Waals surface area contributed by atoms with E-state index in [1.165, 1.54) is 0 Å². The number of aromatic nitrogens is 1. The van der Waals surface area contributed by atoms with Crippen molar-refractivity contribution in [2.75, 3.05) is 13.2 Å². The Bertz CT molecular complexity index is 937. The molecule has 0 bridgehead atoms. The number of halogens is 1. The van der Waals surface area contributed by atoms with Crippen LogP contribution in [0.5, 0.6) is 0 Å². The molecule has 5 nitrogen and oxygen atoms in total. The predicted molar refractivity (Wildman–Crippen MR) is 90.8 cm³/mol. The second kappa shape index (κ2) is 5.61. The molecule has 24 heavy (non-hydrogen) atoms. The van der Waals surface area contributed by atoms with Gasteiger partial charge in [-0.1, -0.05) is 23.7 Å². The second-order valence-corrected chi connectivity index (χ2v) is 6.52. The smallest absolute Gasteiger partial charge is 0.246 e. The fourth-order valence-corrected chi connectivity index (χ4v) is 3.07. The van der Waals surface area contributed by atoms with Crippen molar-refractivity contribution in [3.63, 3.8) is 0 Å². The van der Waals surface area contributed by atoms with Crippen LogP contribution in [0.15, 0.2) is 46.9 Å². The van der Waals surface area contributed by atoms with Gasteiger partial charge in [-0.2, -0.15) is 0 Å². The molecule has 0 saturated carbocycles. The van der Waals surface area contributed by atoms with E-state index in [1.807, 2.05) is 31.2 Å². The van der Waals surface area contributed by atoms with Gasteiger partial charge in [-0.15, -0.1) is 0 Å². The Kier molecular flexibility index (Phi) is 3.55. The number of hydrogen-bond donors (Lipinski definition) is 1. The van der Waals surface area contributed by atoms with E-state index in [4.69, 9.17) is 20.8 Å². The number of rotatable bonds is 2. The molecule has 2 aromatic carbocycles. The number of fused-ring (bicyclic) bond motifs is 1. The molecule has 0 unspecified atom stereocenters. The van der Waals surface area contributed by atoms with Crippen LogP contribution in [-0.4, -0.2) is 24.1 Å². The highest BCUT2D eigenvalue weighted by atomic mass is 35.5. The molecule has 122 valence electrons. The van der Waals surface area contributed by atoms with Crippen molar-refractivity contribution in [1.29, 1.82) is 0 Å². The van der Waals surface area contributed by atoms with Gasteiger partial charge in [-0.05, 0) is 42.8 Å². The molecule has 1 N–H and O–H groups in total. The molecule has 1 fully saturated rings. The molecular formula is C18H15ClN2O3. The van der Waals surface area contributed by atoms with Gasteiger partial charge in [0.15, 0.2) is 5.58 Å². The molecular weight excluding hydrogens is 328 g/mol. The maximum Gasteiger partial charge on any atom is 0.246 e. The minimum absolute atomic E-state index is 0.0984. The third-order valence-electron chi connectivity index (χ3n) is 4.14. The summed E-state index contributed by atoms with van der Waals surface area (Å²) in [6, 6.07) is 13.1. The van der Waals surface area contributed by atoms with Gasteiger partial charge in [0.25, 0.3) is 0 Å². The van der Waals surface area contributed by atoms with E-state index in [2.05, 4.69) is 10.3 Å². The summed E-state index contributed by atoms with van der Waals surface area (Å²) in [4.78, 5) is 16.2. The number of benzene rings is 2. The highest BCUT2D eigenvalue weighted by molar-refractivity contribution is 6.31. The van der Waals surface area contributed by atoms with Crippen LogP contribution in [0.4, 0.5) is 0 Å². The fraction of sp³-hybridized carbons (Fsp3) is 0.222. The van der Waals surface area contributed by atoms with Gasteiger partial charge < -0.3 is 14.5 Å². The van der Waals surface area contributed by atoms with Gasteiger partial charge in [-0.3, -0.25) is 4.79 Å². The highest BCUT2D eigenvalue weighted by Gasteiger charge is 2.33. The maximum absolute atomic E-state index is 11.7. The monoisotopic (exact) mass is 342 g/mol. The summed E-state index contributed by atoms with van der Waals surface area (Å²) in [6.45, 7) is 2.46. The Morgan fingerprint density at radius 1 is 1.25 bits per heavy atom. The Hall–Kier alpha value is -2.37. The molecule has 1 aliphatic rings. The Morgan fingerprint density at radius 3 is 2.96 bits per heavy atom. The normalized spacial score (nSPS) is 21.0. The summed E-state index contributed by atoms with van der Waals surface area (Å²) in [5.74, 6) is 0.395. The topological polar surface area (TPSA) is 64.4 Å². The van der Waals surface area contributed by atoms with Crippen LogP contribution >= 0.6 is 11.6 Å². The third-order valence-corrected chi connectivity index (χ3v) is 4.37. The number of nitrogens with zero attached hydrogens (tertiary/aromatic N) is 1. The van der Waals surface area contributed by atoms with Crippen molar-refractivity contribution in [2.45, 2.75) is 12.5 Å². The van der Waals surface area contributed by atoms with E-state index < -0.39 is 5.54 Å². The van der Waals surface area contributed by atoms with Crippen LogP contribution in [-0.2, 0) is 15.1 Å². The first kappa shape index (κ1) is 15.2. The summed E-state index contributed by atoms with van der Waals surface area (Å²) < 4.78 is 11.2. The number of ether oxygens (including phenoxy) is 1. The number of nitrogens with one attached hydrogen (secondary N) is 1. The molecule has 4 rings (SSSR count). The van der Waals surface area contributed by atoms with E-state index >= 15 is 0 Å². The molecule has 0 aliphatic carbocycles. The Labute approximate surface area is 143 Å². The number of morpholine rings is 1. The average Bonchev–Trinajstić information content (AvgIpc) is 2.98. The van der Waals surface area contributed by atoms with Crippen molar-refractivity contribution < 1.29 is 13.9 Å². The fourth-order valence-electron chi connectivity index (χ4n) is 2.90. The van der Waals surface area contributed by atoms with Gasteiger partial charge in [0.2, 0.25) is 11.8 Å². The quantitative estimate of drug-likeness (QED) is 0.774. The summed E-state index contributed by atoms with van der Waals surface area (Å²) in [5, 5.41) is 3.61.